The Morgan fingerprint density at radius 2 is 2.05 bits per heavy atom. The molecule has 0 fully saturated rings. The molecule has 1 heterocycles. The van der Waals surface area contributed by atoms with Gasteiger partial charge in [0, 0.05) is 25.7 Å². The highest BCUT2D eigenvalue weighted by Crippen LogP contribution is 2.18. The summed E-state index contributed by atoms with van der Waals surface area (Å²) < 4.78 is 0. The van der Waals surface area contributed by atoms with E-state index in [1.807, 2.05) is 7.05 Å². The molecule has 0 aromatic heterocycles. The van der Waals surface area contributed by atoms with Crippen LogP contribution in [0, 0.1) is 0 Å². The van der Waals surface area contributed by atoms with Crippen molar-refractivity contribution in [3.8, 4) is 0 Å². The monoisotopic (exact) mass is 258 g/mol. The van der Waals surface area contributed by atoms with Gasteiger partial charge in [-0.3, -0.25) is 4.90 Å². The van der Waals surface area contributed by atoms with E-state index in [0.29, 0.717) is 6.04 Å². The Kier molecular flexibility index (Phi) is 5.62. The van der Waals surface area contributed by atoms with E-state index in [0.717, 1.165) is 13.1 Å². The Balaban J connectivity index is 1.76. The van der Waals surface area contributed by atoms with Gasteiger partial charge in [-0.1, -0.05) is 42.0 Å². The first-order valence-electron chi connectivity index (χ1n) is 7.39. The quantitative estimate of drug-likeness (QED) is 0.788. The number of hydrogen-bond acceptors (Lipinski definition) is 2. The van der Waals surface area contributed by atoms with Crippen LogP contribution < -0.4 is 5.32 Å². The van der Waals surface area contributed by atoms with Crippen molar-refractivity contribution in [3.63, 3.8) is 0 Å². The van der Waals surface area contributed by atoms with Gasteiger partial charge in [0.2, 0.25) is 0 Å². The van der Waals surface area contributed by atoms with Crippen LogP contribution in [0.15, 0.2) is 42.0 Å². The molecule has 2 heteroatoms. The van der Waals surface area contributed by atoms with Gasteiger partial charge in [0.1, 0.15) is 0 Å². The molecule has 0 spiro atoms. The van der Waals surface area contributed by atoms with Gasteiger partial charge in [-0.25, -0.2) is 0 Å². The van der Waals surface area contributed by atoms with Crippen LogP contribution in [-0.4, -0.2) is 31.1 Å². The van der Waals surface area contributed by atoms with Gasteiger partial charge >= 0.3 is 0 Å². The summed E-state index contributed by atoms with van der Waals surface area (Å²) in [5, 5.41) is 3.31. The molecule has 2 nitrogen and oxygen atoms in total. The lowest BCUT2D eigenvalue weighted by molar-refractivity contribution is 0.283. The maximum atomic E-state index is 3.31. The van der Waals surface area contributed by atoms with Gasteiger partial charge in [0.25, 0.3) is 0 Å². The average molecular weight is 258 g/mol. The Morgan fingerprint density at radius 3 is 2.68 bits per heavy atom. The van der Waals surface area contributed by atoms with Crippen LogP contribution in [0.4, 0.5) is 0 Å². The van der Waals surface area contributed by atoms with E-state index in [-0.39, 0.29) is 0 Å². The highest BCUT2D eigenvalue weighted by molar-refractivity contribution is 5.15. The van der Waals surface area contributed by atoms with Crippen LogP contribution in [0.1, 0.15) is 31.7 Å². The zero-order valence-electron chi connectivity index (χ0n) is 12.2. The smallest absolute Gasteiger partial charge is 0.0237 e. The molecule has 1 N–H and O–H groups in total. The average Bonchev–Trinajstić information content (AvgIpc) is 2.47. The zero-order valence-corrected chi connectivity index (χ0v) is 12.2. The molecule has 2 rings (SSSR count). The minimum absolute atomic E-state index is 0.628. The van der Waals surface area contributed by atoms with Crippen molar-refractivity contribution in [2.75, 3.05) is 20.1 Å². The lowest BCUT2D eigenvalue weighted by Gasteiger charge is -2.26. The molecule has 1 aliphatic heterocycles. The molecule has 0 saturated heterocycles. The maximum absolute atomic E-state index is 3.31. The second-order valence-electron chi connectivity index (χ2n) is 5.56. The highest BCUT2D eigenvalue weighted by atomic mass is 15.1. The molecule has 0 aliphatic carbocycles. The fourth-order valence-corrected chi connectivity index (χ4v) is 2.51. The molecular weight excluding hydrogens is 232 g/mol. The SMILES string of the molecule is CNC(C)CCC1=CCN(Cc2ccccc2)CC1. The van der Waals surface area contributed by atoms with E-state index in [2.05, 4.69) is 53.5 Å². The van der Waals surface area contributed by atoms with Crippen molar-refractivity contribution >= 4 is 0 Å². The van der Waals surface area contributed by atoms with Crippen molar-refractivity contribution in [3.05, 3.63) is 47.5 Å². The van der Waals surface area contributed by atoms with Gasteiger partial charge in [-0.05, 0) is 38.8 Å². The first-order valence-corrected chi connectivity index (χ1v) is 7.39. The van der Waals surface area contributed by atoms with Gasteiger partial charge in [0.15, 0.2) is 0 Å². The molecule has 19 heavy (non-hydrogen) atoms. The molecule has 1 aromatic carbocycles. The molecule has 104 valence electrons. The third-order valence-corrected chi connectivity index (χ3v) is 4.03. The van der Waals surface area contributed by atoms with Crippen molar-refractivity contribution in [2.24, 2.45) is 0 Å². The van der Waals surface area contributed by atoms with E-state index in [1.54, 1.807) is 5.57 Å². The first kappa shape index (κ1) is 14.3. The largest absolute Gasteiger partial charge is 0.317 e. The van der Waals surface area contributed by atoms with E-state index in [1.165, 1.54) is 31.4 Å². The van der Waals surface area contributed by atoms with Gasteiger partial charge in [0.05, 0.1) is 0 Å². The van der Waals surface area contributed by atoms with Crippen molar-refractivity contribution in [2.45, 2.75) is 38.8 Å². The third kappa shape index (κ3) is 4.81. The van der Waals surface area contributed by atoms with E-state index >= 15 is 0 Å². The number of nitrogens with zero attached hydrogens (tertiary/aromatic N) is 1. The van der Waals surface area contributed by atoms with Crippen LogP contribution >= 0.6 is 0 Å². The first-order chi connectivity index (χ1) is 9.28. The minimum Gasteiger partial charge on any atom is -0.317 e. The summed E-state index contributed by atoms with van der Waals surface area (Å²) in [7, 11) is 2.04. The Bertz CT molecular complexity index is 397. The number of hydrogen-bond donors (Lipinski definition) is 1. The van der Waals surface area contributed by atoms with Crippen molar-refractivity contribution in [1.29, 1.82) is 0 Å². The maximum Gasteiger partial charge on any atom is 0.0237 e. The predicted octanol–water partition coefficient (Wildman–Crippen LogP) is 3.21. The summed E-state index contributed by atoms with van der Waals surface area (Å²) >= 11 is 0. The lowest BCUT2D eigenvalue weighted by atomic mass is 10.00. The van der Waals surface area contributed by atoms with Gasteiger partial charge in [-0.2, -0.15) is 0 Å². The van der Waals surface area contributed by atoms with Gasteiger partial charge in [-0.15, -0.1) is 0 Å². The fourth-order valence-electron chi connectivity index (χ4n) is 2.51. The molecule has 1 atom stereocenters. The fraction of sp³-hybridized carbons (Fsp3) is 0.529. The Morgan fingerprint density at radius 1 is 1.26 bits per heavy atom. The summed E-state index contributed by atoms with van der Waals surface area (Å²) in [6.45, 7) is 5.65. The summed E-state index contributed by atoms with van der Waals surface area (Å²) in [6, 6.07) is 11.4. The summed E-state index contributed by atoms with van der Waals surface area (Å²) in [6.07, 6.45) is 6.18. The van der Waals surface area contributed by atoms with Crippen LogP contribution in [0.2, 0.25) is 0 Å². The van der Waals surface area contributed by atoms with E-state index in [4.69, 9.17) is 0 Å². The molecule has 0 bridgehead atoms. The van der Waals surface area contributed by atoms with Crippen LogP contribution in [0.5, 0.6) is 0 Å². The van der Waals surface area contributed by atoms with E-state index in [9.17, 15) is 0 Å². The normalized spacial score (nSPS) is 18.1. The minimum atomic E-state index is 0.628. The highest BCUT2D eigenvalue weighted by Gasteiger charge is 2.12. The third-order valence-electron chi connectivity index (χ3n) is 4.03. The summed E-state index contributed by atoms with van der Waals surface area (Å²) in [5.41, 5.74) is 3.06. The van der Waals surface area contributed by atoms with Gasteiger partial charge < -0.3 is 5.32 Å². The standard InChI is InChI=1S/C17H26N2/c1-15(18-2)8-9-16-10-12-19(13-11-16)14-17-6-4-3-5-7-17/h3-7,10,15,18H,8-9,11-14H2,1-2H3. The number of benzene rings is 1. The summed E-state index contributed by atoms with van der Waals surface area (Å²) in [5.74, 6) is 0. The molecule has 1 aliphatic rings. The Labute approximate surface area is 117 Å². The molecule has 1 unspecified atom stereocenters. The topological polar surface area (TPSA) is 15.3 Å². The van der Waals surface area contributed by atoms with Crippen molar-refractivity contribution in [1.82, 2.24) is 10.2 Å². The van der Waals surface area contributed by atoms with Crippen molar-refractivity contribution < 1.29 is 0 Å². The molecule has 0 saturated carbocycles. The summed E-state index contributed by atoms with van der Waals surface area (Å²) in [4.78, 5) is 2.53. The molecule has 0 radical (unpaired) electrons. The second kappa shape index (κ2) is 7.46. The number of rotatable bonds is 6. The Hall–Kier alpha value is -1.12. The van der Waals surface area contributed by atoms with Crippen LogP contribution in [-0.2, 0) is 6.54 Å². The van der Waals surface area contributed by atoms with Crippen LogP contribution in [0.3, 0.4) is 0 Å². The number of nitrogens with one attached hydrogen (secondary N) is 1. The molecule has 1 aromatic rings. The lowest BCUT2D eigenvalue weighted by Crippen LogP contribution is -2.28. The predicted molar refractivity (Wildman–Crippen MR) is 82.2 cm³/mol. The van der Waals surface area contributed by atoms with E-state index < -0.39 is 0 Å². The zero-order chi connectivity index (χ0) is 13.5. The molecule has 0 amide bonds. The molecular formula is C17H26N2. The second-order valence-corrected chi connectivity index (χ2v) is 5.56. The van der Waals surface area contributed by atoms with Crippen LogP contribution in [0.25, 0.3) is 0 Å².